The van der Waals surface area contributed by atoms with Crippen LogP contribution in [0.15, 0.2) is 18.6 Å². The first-order valence-electron chi connectivity index (χ1n) is 7.67. The van der Waals surface area contributed by atoms with Gasteiger partial charge in [0.25, 0.3) is 0 Å². The number of piperidine rings is 1. The summed E-state index contributed by atoms with van der Waals surface area (Å²) >= 11 is 0. The highest BCUT2D eigenvalue weighted by Crippen LogP contribution is 2.40. The summed E-state index contributed by atoms with van der Waals surface area (Å²) in [4.78, 5) is 14.5. The van der Waals surface area contributed by atoms with Gasteiger partial charge in [0.05, 0.1) is 5.39 Å². The lowest BCUT2D eigenvalue weighted by Crippen LogP contribution is -2.45. The van der Waals surface area contributed by atoms with Crippen molar-refractivity contribution in [2.75, 3.05) is 18.0 Å². The minimum absolute atomic E-state index is 0.389. The number of fused-ring (bicyclic) bond motifs is 1. The molecule has 1 aliphatic heterocycles. The van der Waals surface area contributed by atoms with E-state index in [1.54, 1.807) is 6.33 Å². The van der Waals surface area contributed by atoms with Gasteiger partial charge in [-0.05, 0) is 30.2 Å². The average Bonchev–Trinajstić information content (AvgIpc) is 2.94. The predicted molar refractivity (Wildman–Crippen MR) is 82.9 cm³/mol. The highest BCUT2D eigenvalue weighted by atomic mass is 15.2. The fourth-order valence-electron chi connectivity index (χ4n) is 3.45. The van der Waals surface area contributed by atoms with Crippen LogP contribution in [0.1, 0.15) is 40.0 Å². The summed E-state index contributed by atoms with van der Waals surface area (Å²) in [5, 5.41) is 1.14. The molecular formula is C16H24N4. The Labute approximate surface area is 120 Å². The van der Waals surface area contributed by atoms with Crippen molar-refractivity contribution in [2.45, 2.75) is 40.0 Å². The molecule has 4 heteroatoms. The zero-order valence-corrected chi connectivity index (χ0v) is 12.7. The van der Waals surface area contributed by atoms with Gasteiger partial charge in [-0.1, -0.05) is 27.2 Å². The lowest BCUT2D eigenvalue weighted by Gasteiger charge is -2.44. The average molecular weight is 272 g/mol. The van der Waals surface area contributed by atoms with Crippen molar-refractivity contribution in [3.63, 3.8) is 0 Å². The van der Waals surface area contributed by atoms with E-state index in [2.05, 4.69) is 46.7 Å². The van der Waals surface area contributed by atoms with Gasteiger partial charge in [-0.15, -0.1) is 0 Å². The van der Waals surface area contributed by atoms with Crippen molar-refractivity contribution in [1.82, 2.24) is 15.0 Å². The minimum atomic E-state index is 0.389. The van der Waals surface area contributed by atoms with Crippen molar-refractivity contribution in [3.05, 3.63) is 18.6 Å². The smallest absolute Gasteiger partial charge is 0.142 e. The van der Waals surface area contributed by atoms with Crippen molar-refractivity contribution < 1.29 is 0 Å². The van der Waals surface area contributed by atoms with Crippen LogP contribution in [0.5, 0.6) is 0 Å². The van der Waals surface area contributed by atoms with E-state index in [0.29, 0.717) is 5.41 Å². The van der Waals surface area contributed by atoms with E-state index in [1.165, 1.54) is 19.3 Å². The quantitative estimate of drug-likeness (QED) is 0.928. The van der Waals surface area contributed by atoms with Crippen LogP contribution in [0.2, 0.25) is 0 Å². The Balaban J connectivity index is 1.92. The van der Waals surface area contributed by atoms with Gasteiger partial charge in [0.1, 0.15) is 17.8 Å². The SMILES string of the molecule is CCC(C)C1(C)CCCN(c2ncnc3[nH]ccc23)C1. The Hall–Kier alpha value is -1.58. The third-order valence-corrected chi connectivity index (χ3v) is 5.16. The van der Waals surface area contributed by atoms with Crippen molar-refractivity contribution >= 4 is 16.9 Å². The summed E-state index contributed by atoms with van der Waals surface area (Å²) < 4.78 is 0. The molecule has 20 heavy (non-hydrogen) atoms. The van der Waals surface area contributed by atoms with Crippen LogP contribution < -0.4 is 4.90 Å². The molecule has 3 heterocycles. The molecule has 0 amide bonds. The summed E-state index contributed by atoms with van der Waals surface area (Å²) in [6, 6.07) is 2.08. The van der Waals surface area contributed by atoms with Crippen molar-refractivity contribution in [2.24, 2.45) is 11.3 Å². The second-order valence-corrected chi connectivity index (χ2v) is 6.43. The molecule has 1 aliphatic rings. The van der Waals surface area contributed by atoms with Crippen LogP contribution >= 0.6 is 0 Å². The van der Waals surface area contributed by atoms with Gasteiger partial charge in [-0.2, -0.15) is 0 Å². The lowest BCUT2D eigenvalue weighted by molar-refractivity contribution is 0.160. The normalized spacial score (nSPS) is 25.1. The van der Waals surface area contributed by atoms with Gasteiger partial charge in [0.15, 0.2) is 0 Å². The van der Waals surface area contributed by atoms with Crippen molar-refractivity contribution in [1.29, 1.82) is 0 Å². The highest BCUT2D eigenvalue weighted by Gasteiger charge is 2.35. The van der Waals surface area contributed by atoms with Gasteiger partial charge >= 0.3 is 0 Å². The largest absolute Gasteiger partial charge is 0.355 e. The third kappa shape index (κ3) is 2.17. The molecule has 2 aromatic rings. The number of hydrogen-bond acceptors (Lipinski definition) is 3. The van der Waals surface area contributed by atoms with E-state index < -0.39 is 0 Å². The molecule has 108 valence electrons. The second kappa shape index (κ2) is 5.08. The fraction of sp³-hybridized carbons (Fsp3) is 0.625. The molecule has 2 aromatic heterocycles. The topological polar surface area (TPSA) is 44.8 Å². The van der Waals surface area contributed by atoms with Gasteiger partial charge in [-0.25, -0.2) is 9.97 Å². The summed E-state index contributed by atoms with van der Waals surface area (Å²) in [6.45, 7) is 9.31. The molecule has 0 spiro atoms. The standard InChI is InChI=1S/C16H24N4/c1-4-12(2)16(3)7-5-9-20(10-16)15-13-6-8-17-14(13)18-11-19-15/h6,8,11-12H,4-5,7,9-10H2,1-3H3,(H,17,18,19). The Morgan fingerprint density at radius 2 is 2.30 bits per heavy atom. The van der Waals surface area contributed by atoms with E-state index in [1.807, 2.05) is 6.20 Å². The maximum absolute atomic E-state index is 4.55. The Morgan fingerprint density at radius 3 is 3.10 bits per heavy atom. The van der Waals surface area contributed by atoms with E-state index in [0.717, 1.165) is 35.9 Å². The van der Waals surface area contributed by atoms with E-state index in [4.69, 9.17) is 0 Å². The highest BCUT2D eigenvalue weighted by molar-refractivity contribution is 5.87. The van der Waals surface area contributed by atoms with E-state index in [-0.39, 0.29) is 0 Å². The summed E-state index contributed by atoms with van der Waals surface area (Å²) in [7, 11) is 0. The van der Waals surface area contributed by atoms with Crippen molar-refractivity contribution in [3.8, 4) is 0 Å². The minimum Gasteiger partial charge on any atom is -0.355 e. The third-order valence-electron chi connectivity index (χ3n) is 5.16. The predicted octanol–water partition coefficient (Wildman–Crippen LogP) is 3.61. The van der Waals surface area contributed by atoms with Crippen LogP contribution in [0.25, 0.3) is 11.0 Å². The monoisotopic (exact) mass is 272 g/mol. The van der Waals surface area contributed by atoms with Crippen LogP contribution in [0.3, 0.4) is 0 Å². The second-order valence-electron chi connectivity index (χ2n) is 6.43. The summed E-state index contributed by atoms with van der Waals surface area (Å²) in [6.07, 6.45) is 7.42. The van der Waals surface area contributed by atoms with Gasteiger partial charge in [-0.3, -0.25) is 0 Å². The number of nitrogens with one attached hydrogen (secondary N) is 1. The number of nitrogens with zero attached hydrogens (tertiary/aromatic N) is 3. The van der Waals surface area contributed by atoms with Crippen LogP contribution in [-0.4, -0.2) is 28.0 Å². The molecule has 2 unspecified atom stereocenters. The molecule has 0 saturated carbocycles. The molecule has 0 aromatic carbocycles. The van der Waals surface area contributed by atoms with Crippen LogP contribution in [0, 0.1) is 11.3 Å². The number of rotatable bonds is 3. The van der Waals surface area contributed by atoms with Gasteiger partial charge in [0.2, 0.25) is 0 Å². The van der Waals surface area contributed by atoms with Crippen LogP contribution in [-0.2, 0) is 0 Å². The number of hydrogen-bond donors (Lipinski definition) is 1. The maximum Gasteiger partial charge on any atom is 0.142 e. The zero-order valence-electron chi connectivity index (χ0n) is 12.7. The van der Waals surface area contributed by atoms with E-state index >= 15 is 0 Å². The Bertz CT molecular complexity index is 591. The first-order chi connectivity index (χ1) is 9.64. The molecule has 0 aliphatic carbocycles. The molecular weight excluding hydrogens is 248 g/mol. The first kappa shape index (κ1) is 13.4. The first-order valence-corrected chi connectivity index (χ1v) is 7.67. The number of aromatic amines is 1. The lowest BCUT2D eigenvalue weighted by atomic mass is 9.71. The molecule has 2 atom stereocenters. The Morgan fingerprint density at radius 1 is 1.45 bits per heavy atom. The summed E-state index contributed by atoms with van der Waals surface area (Å²) in [5.41, 5.74) is 1.33. The Kier molecular flexibility index (Phi) is 3.40. The van der Waals surface area contributed by atoms with Crippen LogP contribution in [0.4, 0.5) is 5.82 Å². The number of aromatic nitrogens is 3. The molecule has 1 fully saturated rings. The molecule has 0 radical (unpaired) electrons. The van der Waals surface area contributed by atoms with Gasteiger partial charge < -0.3 is 9.88 Å². The van der Waals surface area contributed by atoms with Gasteiger partial charge in [0, 0.05) is 19.3 Å². The molecule has 0 bridgehead atoms. The number of H-pyrrole nitrogens is 1. The maximum atomic E-state index is 4.55. The molecule has 3 rings (SSSR count). The molecule has 4 nitrogen and oxygen atoms in total. The molecule has 1 N–H and O–H groups in total. The fourth-order valence-corrected chi connectivity index (χ4v) is 3.45. The molecule has 1 saturated heterocycles. The zero-order chi connectivity index (χ0) is 14.2. The summed E-state index contributed by atoms with van der Waals surface area (Å²) in [5.74, 6) is 1.83. The number of anilines is 1. The van der Waals surface area contributed by atoms with E-state index in [9.17, 15) is 0 Å².